The van der Waals surface area contributed by atoms with E-state index in [9.17, 15) is 13.2 Å². The summed E-state index contributed by atoms with van der Waals surface area (Å²) in [4.78, 5) is 13.7. The molecule has 1 saturated heterocycles. The summed E-state index contributed by atoms with van der Waals surface area (Å²) >= 11 is 10.1. The van der Waals surface area contributed by atoms with Crippen LogP contribution in [0.25, 0.3) is 0 Å². The van der Waals surface area contributed by atoms with Crippen molar-refractivity contribution in [3.8, 4) is 0 Å². The number of rotatable bonds is 4. The zero-order valence-corrected chi connectivity index (χ0v) is 14.8. The highest BCUT2D eigenvalue weighted by Gasteiger charge is 2.28. The van der Waals surface area contributed by atoms with Crippen LogP contribution >= 0.6 is 38.9 Å². The van der Waals surface area contributed by atoms with Crippen LogP contribution in [0.1, 0.15) is 12.8 Å². The van der Waals surface area contributed by atoms with Crippen molar-refractivity contribution in [3.05, 3.63) is 14.9 Å². The van der Waals surface area contributed by atoms with Crippen molar-refractivity contribution in [2.75, 3.05) is 26.7 Å². The van der Waals surface area contributed by atoms with Gasteiger partial charge in [0.15, 0.2) is 0 Å². The number of thiophene rings is 1. The molecule has 0 bridgehead atoms. The maximum atomic E-state index is 12.3. The van der Waals surface area contributed by atoms with Crippen LogP contribution in [0.5, 0.6) is 0 Å². The Morgan fingerprint density at radius 2 is 2.10 bits per heavy atom. The monoisotopic (exact) mass is 400 g/mol. The summed E-state index contributed by atoms with van der Waals surface area (Å²) in [6.07, 6.45) is 1.96. The van der Waals surface area contributed by atoms with E-state index in [2.05, 4.69) is 15.9 Å². The molecule has 20 heavy (non-hydrogen) atoms. The first-order chi connectivity index (χ1) is 9.32. The molecule has 0 saturated carbocycles. The fraction of sp³-hybridized carbons (Fsp3) is 0.545. The molecule has 0 radical (unpaired) electrons. The van der Waals surface area contributed by atoms with Crippen LogP contribution in [-0.2, 0) is 14.8 Å². The Balaban J connectivity index is 2.10. The number of likely N-dealkylation sites (tertiary alicyclic amines) is 1. The molecule has 0 N–H and O–H groups in total. The number of amides is 1. The average Bonchev–Trinajstić information content (AvgIpc) is 3.00. The van der Waals surface area contributed by atoms with Crippen LogP contribution < -0.4 is 0 Å². The molecule has 9 heteroatoms. The van der Waals surface area contributed by atoms with Gasteiger partial charge >= 0.3 is 0 Å². The molecule has 1 amide bonds. The first-order valence-electron chi connectivity index (χ1n) is 6.01. The number of hydrogen-bond donors (Lipinski definition) is 0. The highest BCUT2D eigenvalue weighted by molar-refractivity contribution is 9.11. The van der Waals surface area contributed by atoms with Gasteiger partial charge in [0.2, 0.25) is 5.91 Å². The number of likely N-dealkylation sites (N-methyl/N-ethyl adjacent to an activating group) is 1. The van der Waals surface area contributed by atoms with E-state index in [-0.39, 0.29) is 16.7 Å². The summed E-state index contributed by atoms with van der Waals surface area (Å²) < 4.78 is 26.4. The van der Waals surface area contributed by atoms with Gasteiger partial charge in [0.25, 0.3) is 10.0 Å². The summed E-state index contributed by atoms with van der Waals surface area (Å²) in [6.45, 7) is 1.28. The zero-order valence-electron chi connectivity index (χ0n) is 10.8. The Bertz CT molecular complexity index is 592. The number of hydrogen-bond acceptors (Lipinski definition) is 4. The Kier molecular flexibility index (Phi) is 5.12. The second kappa shape index (κ2) is 6.31. The fourth-order valence-corrected chi connectivity index (χ4v) is 5.68. The minimum absolute atomic E-state index is 0.131. The molecule has 2 rings (SSSR count). The minimum atomic E-state index is -3.68. The maximum Gasteiger partial charge on any atom is 0.252 e. The zero-order chi connectivity index (χ0) is 14.9. The van der Waals surface area contributed by atoms with Gasteiger partial charge < -0.3 is 4.90 Å². The average molecular weight is 402 g/mol. The fourth-order valence-electron chi connectivity index (χ4n) is 1.95. The van der Waals surface area contributed by atoms with Gasteiger partial charge in [0.1, 0.15) is 4.21 Å². The van der Waals surface area contributed by atoms with Crippen molar-refractivity contribution in [2.45, 2.75) is 17.1 Å². The van der Waals surface area contributed by atoms with Crippen molar-refractivity contribution >= 4 is 54.8 Å². The lowest BCUT2D eigenvalue weighted by Crippen LogP contribution is -2.39. The third kappa shape index (κ3) is 3.36. The lowest BCUT2D eigenvalue weighted by molar-refractivity contribution is -0.130. The molecule has 5 nitrogen and oxygen atoms in total. The van der Waals surface area contributed by atoms with Crippen LogP contribution in [0.4, 0.5) is 0 Å². The normalized spacial score (nSPS) is 16.1. The van der Waals surface area contributed by atoms with Crippen LogP contribution in [-0.4, -0.2) is 50.2 Å². The molecule has 112 valence electrons. The van der Waals surface area contributed by atoms with Gasteiger partial charge in [-0.2, -0.15) is 4.31 Å². The highest BCUT2D eigenvalue weighted by Crippen LogP contribution is 2.35. The summed E-state index contributed by atoms with van der Waals surface area (Å²) in [6, 6.07) is 1.39. The van der Waals surface area contributed by atoms with Crippen molar-refractivity contribution in [1.82, 2.24) is 9.21 Å². The van der Waals surface area contributed by atoms with Gasteiger partial charge in [-0.15, -0.1) is 11.3 Å². The molecule has 1 aromatic heterocycles. The van der Waals surface area contributed by atoms with E-state index in [1.165, 1.54) is 13.1 Å². The first kappa shape index (κ1) is 16.2. The molecule has 0 aromatic carbocycles. The Hall–Kier alpha value is -0.150. The van der Waals surface area contributed by atoms with E-state index in [1.807, 2.05) is 0 Å². The number of carbonyl (C=O) groups excluding carboxylic acids is 1. The second-order valence-electron chi connectivity index (χ2n) is 4.54. The van der Waals surface area contributed by atoms with Crippen molar-refractivity contribution in [3.63, 3.8) is 0 Å². The molecular weight excluding hydrogens is 388 g/mol. The lowest BCUT2D eigenvalue weighted by atomic mass is 10.4. The molecule has 1 aliphatic rings. The van der Waals surface area contributed by atoms with E-state index in [0.29, 0.717) is 21.9 Å². The lowest BCUT2D eigenvalue weighted by Gasteiger charge is -2.20. The van der Waals surface area contributed by atoms with E-state index in [1.54, 1.807) is 4.90 Å². The van der Waals surface area contributed by atoms with Crippen LogP contribution in [0, 0.1) is 0 Å². The summed E-state index contributed by atoms with van der Waals surface area (Å²) in [7, 11) is -2.27. The Morgan fingerprint density at radius 3 is 2.60 bits per heavy atom. The predicted molar refractivity (Wildman–Crippen MR) is 82.7 cm³/mol. The standard InChI is InChI=1S/C11H14BrClN2O3S2/c1-14(7-9(16)15-4-2-3-5-15)20(17,18)10-6-8(13)11(12)19-10/h6H,2-5,7H2,1H3. The van der Waals surface area contributed by atoms with E-state index >= 15 is 0 Å². The molecular formula is C11H14BrClN2O3S2. The van der Waals surface area contributed by atoms with Gasteiger partial charge in [-0.25, -0.2) is 8.42 Å². The Labute approximate surface area is 135 Å². The molecule has 1 fully saturated rings. The maximum absolute atomic E-state index is 12.3. The first-order valence-corrected chi connectivity index (χ1v) is 9.44. The van der Waals surface area contributed by atoms with Crippen LogP contribution in [0.2, 0.25) is 5.02 Å². The molecule has 0 atom stereocenters. The third-order valence-corrected chi connectivity index (χ3v) is 7.83. The molecule has 1 aromatic rings. The molecule has 0 aliphatic carbocycles. The van der Waals surface area contributed by atoms with E-state index < -0.39 is 10.0 Å². The number of nitrogens with zero attached hydrogens (tertiary/aromatic N) is 2. The van der Waals surface area contributed by atoms with Crippen molar-refractivity contribution in [1.29, 1.82) is 0 Å². The molecule has 2 heterocycles. The van der Waals surface area contributed by atoms with Gasteiger partial charge in [-0.3, -0.25) is 4.79 Å². The second-order valence-corrected chi connectivity index (χ2v) is 9.59. The summed E-state index contributed by atoms with van der Waals surface area (Å²) in [5, 5.41) is 0.354. The van der Waals surface area contributed by atoms with Crippen molar-refractivity contribution in [2.24, 2.45) is 0 Å². The summed E-state index contributed by atoms with van der Waals surface area (Å²) in [5.41, 5.74) is 0. The topological polar surface area (TPSA) is 57.7 Å². The minimum Gasteiger partial charge on any atom is -0.342 e. The molecule has 0 unspecified atom stereocenters. The van der Waals surface area contributed by atoms with Gasteiger partial charge in [-0.05, 0) is 34.8 Å². The van der Waals surface area contributed by atoms with Gasteiger partial charge in [0, 0.05) is 20.1 Å². The molecule has 1 aliphatic heterocycles. The quantitative estimate of drug-likeness (QED) is 0.778. The van der Waals surface area contributed by atoms with Crippen LogP contribution in [0.15, 0.2) is 14.1 Å². The Morgan fingerprint density at radius 1 is 1.50 bits per heavy atom. The number of halogens is 2. The predicted octanol–water partition coefficient (Wildman–Crippen LogP) is 2.41. The van der Waals surface area contributed by atoms with Crippen LogP contribution in [0.3, 0.4) is 0 Å². The smallest absolute Gasteiger partial charge is 0.252 e. The van der Waals surface area contributed by atoms with Gasteiger partial charge in [0.05, 0.1) is 15.4 Å². The largest absolute Gasteiger partial charge is 0.342 e. The van der Waals surface area contributed by atoms with Gasteiger partial charge in [-0.1, -0.05) is 11.6 Å². The molecule has 0 spiro atoms. The van der Waals surface area contributed by atoms with E-state index in [4.69, 9.17) is 11.6 Å². The SMILES string of the molecule is CN(CC(=O)N1CCCC1)S(=O)(=O)c1cc(Cl)c(Br)s1. The number of sulfonamides is 1. The summed E-state index contributed by atoms with van der Waals surface area (Å²) in [5.74, 6) is -0.157. The van der Waals surface area contributed by atoms with Crippen molar-refractivity contribution < 1.29 is 13.2 Å². The highest BCUT2D eigenvalue weighted by atomic mass is 79.9. The van der Waals surface area contributed by atoms with E-state index in [0.717, 1.165) is 28.5 Å². The number of carbonyl (C=O) groups is 1. The third-order valence-electron chi connectivity index (χ3n) is 3.10.